The number of halogens is 2. The van der Waals surface area contributed by atoms with Crippen molar-refractivity contribution < 1.29 is 18.7 Å². The van der Waals surface area contributed by atoms with Gasteiger partial charge in [0.05, 0.1) is 13.1 Å². The summed E-state index contributed by atoms with van der Waals surface area (Å²) >= 11 is 0. The molecule has 26 heavy (non-hydrogen) atoms. The van der Waals surface area contributed by atoms with Gasteiger partial charge in [0.2, 0.25) is 0 Å². The third-order valence-electron chi connectivity index (χ3n) is 3.81. The second-order valence-electron chi connectivity index (χ2n) is 5.67. The zero-order chi connectivity index (χ0) is 18.6. The highest BCUT2D eigenvalue weighted by Crippen LogP contribution is 2.26. The van der Waals surface area contributed by atoms with Crippen LogP contribution in [0.4, 0.5) is 8.78 Å². The van der Waals surface area contributed by atoms with E-state index in [4.69, 9.17) is 0 Å². The van der Waals surface area contributed by atoms with Crippen molar-refractivity contribution in [3.05, 3.63) is 78.1 Å². The van der Waals surface area contributed by atoms with Crippen LogP contribution in [0.25, 0.3) is 0 Å². The Bertz CT molecular complexity index is 889. The van der Waals surface area contributed by atoms with E-state index in [9.17, 15) is 18.7 Å². The number of aromatic nitrogens is 4. The number of pyridine rings is 1. The van der Waals surface area contributed by atoms with Gasteiger partial charge in [0.15, 0.2) is 0 Å². The van der Waals surface area contributed by atoms with Crippen molar-refractivity contribution >= 4 is 5.91 Å². The Balaban J connectivity index is 1.86. The van der Waals surface area contributed by atoms with E-state index >= 15 is 0 Å². The summed E-state index contributed by atoms with van der Waals surface area (Å²) in [4.78, 5) is 19.8. The number of hydrogen-bond acceptors (Lipinski definition) is 5. The van der Waals surface area contributed by atoms with Crippen LogP contribution < -0.4 is 5.32 Å². The smallest absolute Gasteiger partial charge is 0.251 e. The quantitative estimate of drug-likeness (QED) is 0.691. The minimum atomic E-state index is -1.87. The summed E-state index contributed by atoms with van der Waals surface area (Å²) in [6.07, 6.45) is 5.51. The van der Waals surface area contributed by atoms with Gasteiger partial charge < -0.3 is 10.4 Å². The molecule has 2 N–H and O–H groups in total. The van der Waals surface area contributed by atoms with Crippen molar-refractivity contribution in [3.8, 4) is 0 Å². The van der Waals surface area contributed by atoms with Crippen LogP contribution in [0, 0.1) is 11.6 Å². The lowest BCUT2D eigenvalue weighted by Gasteiger charge is -2.29. The largest absolute Gasteiger partial charge is 0.381 e. The fraction of sp³-hybridized carbons (Fsp3) is 0.176. The SMILES string of the molecule is O=C(NCC(O)(Cn1cncn1)c1ccc(F)cc1F)c1ccncc1. The first-order chi connectivity index (χ1) is 12.5. The van der Waals surface area contributed by atoms with Crippen molar-refractivity contribution in [3.63, 3.8) is 0 Å². The molecule has 0 fully saturated rings. The van der Waals surface area contributed by atoms with E-state index in [2.05, 4.69) is 20.4 Å². The molecule has 3 aromatic rings. The molecule has 1 atom stereocenters. The van der Waals surface area contributed by atoms with E-state index in [1.165, 1.54) is 41.9 Å². The van der Waals surface area contributed by atoms with Crippen LogP contribution in [0.3, 0.4) is 0 Å². The number of aliphatic hydroxyl groups is 1. The van der Waals surface area contributed by atoms with E-state index < -0.39 is 23.1 Å². The average molecular weight is 359 g/mol. The van der Waals surface area contributed by atoms with E-state index in [0.717, 1.165) is 12.1 Å². The molecule has 1 amide bonds. The molecule has 1 unspecified atom stereocenters. The normalized spacial score (nSPS) is 13.2. The Morgan fingerprint density at radius 1 is 1.19 bits per heavy atom. The lowest BCUT2D eigenvalue weighted by molar-refractivity contribution is 0.0120. The number of carbonyl (C=O) groups excluding carboxylic acids is 1. The Morgan fingerprint density at radius 3 is 2.62 bits per heavy atom. The van der Waals surface area contributed by atoms with Gasteiger partial charge in [-0.2, -0.15) is 5.10 Å². The molecule has 0 aliphatic carbocycles. The molecular weight excluding hydrogens is 344 g/mol. The third kappa shape index (κ3) is 3.89. The fourth-order valence-corrected chi connectivity index (χ4v) is 2.52. The highest BCUT2D eigenvalue weighted by atomic mass is 19.1. The molecule has 7 nitrogen and oxygen atoms in total. The Morgan fingerprint density at radius 2 is 1.96 bits per heavy atom. The first kappa shape index (κ1) is 17.6. The molecule has 2 aromatic heterocycles. The predicted molar refractivity (Wildman–Crippen MR) is 86.8 cm³/mol. The molecule has 3 rings (SSSR count). The minimum Gasteiger partial charge on any atom is -0.381 e. The van der Waals surface area contributed by atoms with Crippen LogP contribution in [0.5, 0.6) is 0 Å². The van der Waals surface area contributed by atoms with Gasteiger partial charge in [0, 0.05) is 29.6 Å². The summed E-state index contributed by atoms with van der Waals surface area (Å²) in [6, 6.07) is 5.86. The van der Waals surface area contributed by atoms with Crippen molar-refractivity contribution in [1.29, 1.82) is 0 Å². The molecule has 0 spiro atoms. The van der Waals surface area contributed by atoms with Crippen LogP contribution in [0.2, 0.25) is 0 Å². The summed E-state index contributed by atoms with van der Waals surface area (Å²) < 4.78 is 28.8. The lowest BCUT2D eigenvalue weighted by Crippen LogP contribution is -2.44. The molecule has 2 heterocycles. The topological polar surface area (TPSA) is 92.9 Å². The monoisotopic (exact) mass is 359 g/mol. The van der Waals surface area contributed by atoms with Gasteiger partial charge in [-0.1, -0.05) is 6.07 Å². The molecule has 0 saturated carbocycles. The van der Waals surface area contributed by atoms with Gasteiger partial charge in [-0.15, -0.1) is 0 Å². The van der Waals surface area contributed by atoms with Crippen molar-refractivity contribution in [1.82, 2.24) is 25.1 Å². The van der Waals surface area contributed by atoms with Crippen LogP contribution >= 0.6 is 0 Å². The Labute approximate surface area is 147 Å². The first-order valence-electron chi connectivity index (χ1n) is 7.66. The summed E-state index contributed by atoms with van der Waals surface area (Å²) in [5, 5.41) is 17.5. The van der Waals surface area contributed by atoms with Crippen molar-refractivity contribution in [2.24, 2.45) is 0 Å². The summed E-state index contributed by atoms with van der Waals surface area (Å²) in [5.74, 6) is -2.16. The number of nitrogens with one attached hydrogen (secondary N) is 1. The second-order valence-corrected chi connectivity index (χ2v) is 5.67. The molecular formula is C17H15F2N5O2. The molecule has 0 radical (unpaired) electrons. The Hall–Kier alpha value is -3.20. The van der Waals surface area contributed by atoms with Crippen LogP contribution in [0.15, 0.2) is 55.4 Å². The maximum Gasteiger partial charge on any atom is 0.251 e. The van der Waals surface area contributed by atoms with E-state index in [1.54, 1.807) is 0 Å². The molecule has 0 aliphatic rings. The van der Waals surface area contributed by atoms with E-state index in [0.29, 0.717) is 11.6 Å². The lowest BCUT2D eigenvalue weighted by atomic mass is 9.92. The van der Waals surface area contributed by atoms with Crippen molar-refractivity contribution in [2.75, 3.05) is 6.54 Å². The van der Waals surface area contributed by atoms with Gasteiger partial charge in [-0.25, -0.2) is 18.4 Å². The van der Waals surface area contributed by atoms with E-state index in [1.807, 2.05) is 0 Å². The molecule has 1 aromatic carbocycles. The molecule has 0 saturated heterocycles. The van der Waals surface area contributed by atoms with Gasteiger partial charge >= 0.3 is 0 Å². The van der Waals surface area contributed by atoms with Crippen LogP contribution in [-0.2, 0) is 12.1 Å². The van der Waals surface area contributed by atoms with Crippen molar-refractivity contribution in [2.45, 2.75) is 12.1 Å². The number of carbonyl (C=O) groups is 1. The molecule has 134 valence electrons. The van der Waals surface area contributed by atoms with Gasteiger partial charge in [-0.05, 0) is 18.2 Å². The van der Waals surface area contributed by atoms with E-state index in [-0.39, 0.29) is 18.7 Å². The zero-order valence-electron chi connectivity index (χ0n) is 13.5. The maximum absolute atomic E-state index is 14.3. The Kier molecular flexibility index (Phi) is 4.99. The van der Waals surface area contributed by atoms with Crippen LogP contribution in [-0.4, -0.2) is 37.3 Å². The second kappa shape index (κ2) is 7.36. The number of rotatable bonds is 6. The van der Waals surface area contributed by atoms with Crippen LogP contribution in [0.1, 0.15) is 15.9 Å². The standard InChI is InChI=1S/C17H15F2N5O2/c18-13-1-2-14(15(19)7-13)17(26,9-24-11-21-10-23-24)8-22-16(25)12-3-5-20-6-4-12/h1-7,10-11,26H,8-9H2,(H,22,25). The maximum atomic E-state index is 14.3. The highest BCUT2D eigenvalue weighted by molar-refractivity contribution is 5.94. The fourth-order valence-electron chi connectivity index (χ4n) is 2.52. The zero-order valence-corrected chi connectivity index (χ0v) is 13.5. The number of hydrogen-bond donors (Lipinski definition) is 2. The summed E-state index contributed by atoms with van der Waals surface area (Å²) in [7, 11) is 0. The van der Waals surface area contributed by atoms with Gasteiger partial charge in [0.1, 0.15) is 29.9 Å². The molecule has 0 aliphatic heterocycles. The average Bonchev–Trinajstić information content (AvgIpc) is 3.13. The highest BCUT2D eigenvalue weighted by Gasteiger charge is 2.34. The number of nitrogens with zero attached hydrogens (tertiary/aromatic N) is 4. The number of amides is 1. The van der Waals surface area contributed by atoms with Gasteiger partial charge in [0.25, 0.3) is 5.91 Å². The predicted octanol–water partition coefficient (Wildman–Crippen LogP) is 1.27. The minimum absolute atomic E-state index is 0.163. The summed E-state index contributed by atoms with van der Waals surface area (Å²) in [6.45, 7) is -0.511. The first-order valence-corrected chi connectivity index (χ1v) is 7.66. The number of benzene rings is 1. The van der Waals surface area contributed by atoms with Gasteiger partial charge in [-0.3, -0.25) is 9.78 Å². The molecule has 9 heteroatoms. The third-order valence-corrected chi connectivity index (χ3v) is 3.81. The molecule has 0 bridgehead atoms. The summed E-state index contributed by atoms with van der Waals surface area (Å²) in [5.41, 5.74) is -1.69.